The summed E-state index contributed by atoms with van der Waals surface area (Å²) in [6.07, 6.45) is 0.973. The Kier molecular flexibility index (Phi) is 5.85. The van der Waals surface area contributed by atoms with Crippen LogP contribution in [0.1, 0.15) is 22.7 Å². The van der Waals surface area contributed by atoms with Crippen molar-refractivity contribution in [2.45, 2.75) is 23.9 Å². The van der Waals surface area contributed by atoms with Gasteiger partial charge in [0.1, 0.15) is 0 Å². The molecule has 0 aliphatic carbocycles. The first-order valence-corrected chi connectivity index (χ1v) is 11.9. The lowest BCUT2D eigenvalue weighted by Crippen LogP contribution is -2.40. The summed E-state index contributed by atoms with van der Waals surface area (Å²) in [5.74, 6) is 0. The van der Waals surface area contributed by atoms with Crippen molar-refractivity contribution in [2.24, 2.45) is 0 Å². The van der Waals surface area contributed by atoms with Crippen molar-refractivity contribution < 1.29 is 8.42 Å². The maximum Gasteiger partial charge on any atom is 0.240 e. The maximum atomic E-state index is 12.7. The van der Waals surface area contributed by atoms with Gasteiger partial charge in [-0.15, -0.1) is 0 Å². The molecule has 3 aromatic rings. The van der Waals surface area contributed by atoms with Crippen LogP contribution in [0.4, 0.5) is 0 Å². The van der Waals surface area contributed by atoms with Crippen molar-refractivity contribution in [1.29, 1.82) is 0 Å². The molecule has 0 radical (unpaired) electrons. The highest BCUT2D eigenvalue weighted by atomic mass is 35.5. The van der Waals surface area contributed by atoms with E-state index in [1.165, 1.54) is 23.3 Å². The maximum absolute atomic E-state index is 12.7. The van der Waals surface area contributed by atoms with E-state index in [0.29, 0.717) is 11.6 Å². The van der Waals surface area contributed by atoms with Crippen LogP contribution in [-0.2, 0) is 23.0 Å². The average molecular weight is 433 g/mol. The first-order valence-electron chi connectivity index (χ1n) is 9.11. The number of benzene rings is 2. The van der Waals surface area contributed by atoms with Crippen LogP contribution in [0.15, 0.2) is 70.3 Å². The minimum atomic E-state index is -3.59. The molecule has 0 saturated heterocycles. The van der Waals surface area contributed by atoms with Crippen molar-refractivity contribution in [3.63, 3.8) is 0 Å². The average Bonchev–Trinajstić information content (AvgIpc) is 3.23. The predicted octanol–water partition coefficient (Wildman–Crippen LogP) is 4.48. The van der Waals surface area contributed by atoms with Crippen LogP contribution in [0, 0.1) is 0 Å². The molecule has 4 rings (SSSR count). The Balaban J connectivity index is 1.54. The lowest BCUT2D eigenvalue weighted by atomic mass is 9.97. The molecule has 0 amide bonds. The molecule has 28 heavy (non-hydrogen) atoms. The van der Waals surface area contributed by atoms with E-state index in [9.17, 15) is 8.42 Å². The topological polar surface area (TPSA) is 49.4 Å². The van der Waals surface area contributed by atoms with E-state index >= 15 is 0 Å². The molecule has 0 spiro atoms. The number of fused-ring (bicyclic) bond motifs is 1. The fourth-order valence-corrected chi connectivity index (χ4v) is 5.46. The molecule has 0 fully saturated rings. The lowest BCUT2D eigenvalue weighted by Gasteiger charge is -2.35. The molecule has 7 heteroatoms. The molecular weight excluding hydrogens is 412 g/mol. The summed E-state index contributed by atoms with van der Waals surface area (Å²) in [4.78, 5) is 2.58. The van der Waals surface area contributed by atoms with Crippen LogP contribution in [0.25, 0.3) is 0 Å². The van der Waals surface area contributed by atoms with Crippen molar-refractivity contribution in [2.75, 3.05) is 13.1 Å². The highest BCUT2D eigenvalue weighted by Crippen LogP contribution is 2.29. The highest BCUT2D eigenvalue weighted by molar-refractivity contribution is 7.89. The summed E-state index contributed by atoms with van der Waals surface area (Å²) < 4.78 is 28.3. The van der Waals surface area contributed by atoms with Gasteiger partial charge in [0.15, 0.2) is 0 Å². The molecule has 1 N–H and O–H groups in total. The second-order valence-electron chi connectivity index (χ2n) is 6.87. The molecular formula is C21H21ClN2O2S2. The molecule has 146 valence electrons. The summed E-state index contributed by atoms with van der Waals surface area (Å²) in [7, 11) is -3.59. The lowest BCUT2D eigenvalue weighted by molar-refractivity contribution is 0.181. The Hall–Kier alpha value is -1.70. The van der Waals surface area contributed by atoms with Gasteiger partial charge in [0.25, 0.3) is 0 Å². The van der Waals surface area contributed by atoms with Crippen molar-refractivity contribution in [1.82, 2.24) is 9.62 Å². The van der Waals surface area contributed by atoms with E-state index < -0.39 is 10.0 Å². The largest absolute Gasteiger partial charge is 0.290 e. The zero-order valence-corrected chi connectivity index (χ0v) is 17.6. The van der Waals surface area contributed by atoms with Crippen LogP contribution in [0.5, 0.6) is 0 Å². The monoisotopic (exact) mass is 432 g/mol. The van der Waals surface area contributed by atoms with Gasteiger partial charge in [-0.3, -0.25) is 4.90 Å². The summed E-state index contributed by atoms with van der Waals surface area (Å²) in [6.45, 7) is 2.05. The van der Waals surface area contributed by atoms with E-state index in [4.69, 9.17) is 11.6 Å². The smallest absolute Gasteiger partial charge is 0.240 e. The van der Waals surface area contributed by atoms with Crippen LogP contribution >= 0.6 is 22.9 Å². The van der Waals surface area contributed by atoms with E-state index in [-0.39, 0.29) is 10.9 Å². The van der Waals surface area contributed by atoms with Gasteiger partial charge < -0.3 is 0 Å². The van der Waals surface area contributed by atoms with Crippen molar-refractivity contribution >= 4 is 33.0 Å². The SMILES string of the molecule is O=S(=O)(NCC(c1ccsc1)N1CCc2ccccc2C1)c1ccc(Cl)cc1. The fraction of sp³-hybridized carbons (Fsp3) is 0.238. The number of sulfonamides is 1. The molecule has 0 saturated carbocycles. The van der Waals surface area contributed by atoms with Crippen molar-refractivity contribution in [3.8, 4) is 0 Å². The molecule has 4 nitrogen and oxygen atoms in total. The van der Waals surface area contributed by atoms with Gasteiger partial charge in [-0.25, -0.2) is 13.1 Å². The third-order valence-electron chi connectivity index (χ3n) is 5.12. The van der Waals surface area contributed by atoms with Gasteiger partial charge >= 0.3 is 0 Å². The molecule has 1 atom stereocenters. The first kappa shape index (κ1) is 19.6. The number of nitrogens with zero attached hydrogens (tertiary/aromatic N) is 1. The Bertz CT molecular complexity index is 1030. The van der Waals surface area contributed by atoms with Crippen LogP contribution < -0.4 is 4.72 Å². The summed E-state index contributed by atoms with van der Waals surface area (Å²) >= 11 is 7.51. The molecule has 2 heterocycles. The molecule has 1 aromatic heterocycles. The Morgan fingerprint density at radius 2 is 1.82 bits per heavy atom. The fourth-order valence-electron chi connectivity index (χ4n) is 3.59. The molecule has 2 aromatic carbocycles. The van der Waals surface area contributed by atoms with Gasteiger partial charge in [0.05, 0.1) is 4.90 Å². The zero-order chi connectivity index (χ0) is 19.6. The molecule has 1 aliphatic rings. The molecule has 1 unspecified atom stereocenters. The van der Waals surface area contributed by atoms with Gasteiger partial charge in [-0.2, -0.15) is 11.3 Å². The third-order valence-corrected chi connectivity index (χ3v) is 7.51. The summed E-state index contributed by atoms with van der Waals surface area (Å²) in [5.41, 5.74) is 3.84. The standard InChI is InChI=1S/C21H21ClN2O2S2/c22-19-5-7-20(8-6-19)28(25,26)23-13-21(18-10-12-27-15-18)24-11-9-16-3-1-2-4-17(16)14-24/h1-8,10,12,15,21,23H,9,11,13-14H2. The number of thiophene rings is 1. The Labute approximate surface area is 174 Å². The normalized spacial score (nSPS) is 15.9. The second kappa shape index (κ2) is 8.35. The van der Waals surface area contributed by atoms with Gasteiger partial charge in [-0.1, -0.05) is 35.9 Å². The number of rotatable bonds is 6. The number of nitrogens with one attached hydrogen (secondary N) is 1. The quantitative estimate of drug-likeness (QED) is 0.624. The molecule has 1 aliphatic heterocycles. The van der Waals surface area contributed by atoms with Crippen LogP contribution in [0.2, 0.25) is 5.02 Å². The van der Waals surface area contributed by atoms with Gasteiger partial charge in [0, 0.05) is 30.7 Å². The first-order chi connectivity index (χ1) is 13.5. The molecule has 0 bridgehead atoms. The van der Waals surface area contributed by atoms with E-state index in [1.54, 1.807) is 23.5 Å². The van der Waals surface area contributed by atoms with Crippen LogP contribution in [0.3, 0.4) is 0 Å². The Morgan fingerprint density at radius 3 is 2.54 bits per heavy atom. The van der Waals surface area contributed by atoms with Gasteiger partial charge in [0.2, 0.25) is 10.0 Å². The second-order valence-corrected chi connectivity index (χ2v) is 9.85. The zero-order valence-electron chi connectivity index (χ0n) is 15.2. The minimum Gasteiger partial charge on any atom is -0.290 e. The van der Waals surface area contributed by atoms with E-state index in [2.05, 4.69) is 45.3 Å². The van der Waals surface area contributed by atoms with Crippen LogP contribution in [-0.4, -0.2) is 26.4 Å². The van der Waals surface area contributed by atoms with E-state index in [1.807, 2.05) is 5.38 Å². The summed E-state index contributed by atoms with van der Waals surface area (Å²) in [6, 6.07) is 16.8. The number of halogens is 1. The Morgan fingerprint density at radius 1 is 1.07 bits per heavy atom. The highest BCUT2D eigenvalue weighted by Gasteiger charge is 2.26. The third kappa shape index (κ3) is 4.31. The minimum absolute atomic E-state index is 0.0123. The predicted molar refractivity (Wildman–Crippen MR) is 114 cm³/mol. The summed E-state index contributed by atoms with van der Waals surface area (Å²) in [5, 5.41) is 4.65. The number of hydrogen-bond acceptors (Lipinski definition) is 4. The van der Waals surface area contributed by atoms with Crippen molar-refractivity contribution in [3.05, 3.63) is 87.1 Å². The number of hydrogen-bond donors (Lipinski definition) is 1. The van der Waals surface area contributed by atoms with E-state index in [0.717, 1.165) is 25.1 Å². The van der Waals surface area contributed by atoms with Gasteiger partial charge in [-0.05, 0) is 64.2 Å².